The normalized spacial score (nSPS) is 13.3. The number of halogens is 4. The van der Waals surface area contributed by atoms with E-state index in [1.807, 2.05) is 0 Å². The van der Waals surface area contributed by atoms with Crippen LogP contribution in [0.15, 0.2) is 60.2 Å². The minimum atomic E-state index is -4.82. The van der Waals surface area contributed by atoms with Crippen LogP contribution in [-0.2, 0) is 6.18 Å². The first-order valence-corrected chi connectivity index (χ1v) is 11.7. The van der Waals surface area contributed by atoms with E-state index in [1.54, 1.807) is 30.3 Å². The van der Waals surface area contributed by atoms with Gasteiger partial charge in [0.2, 0.25) is 0 Å². The SMILES string of the molecule is O=C(Nc1nc(-c2cccc(C(F)(F)F)c2F)cs1)c1ccc(Nc2cc(NC3CC3)ncn2)cc1. The number of thiazole rings is 1. The van der Waals surface area contributed by atoms with E-state index in [9.17, 15) is 22.4 Å². The molecule has 2 heterocycles. The summed E-state index contributed by atoms with van der Waals surface area (Å²) >= 11 is 0.981. The molecular weight excluding hydrogens is 496 g/mol. The van der Waals surface area contributed by atoms with Gasteiger partial charge in [0.05, 0.1) is 11.3 Å². The molecule has 0 spiro atoms. The molecule has 0 atom stereocenters. The molecule has 12 heteroatoms. The van der Waals surface area contributed by atoms with Crippen LogP contribution in [-0.4, -0.2) is 26.9 Å². The van der Waals surface area contributed by atoms with Gasteiger partial charge in [0, 0.05) is 34.3 Å². The highest BCUT2D eigenvalue weighted by atomic mass is 32.1. The smallest absolute Gasteiger partial charge is 0.367 e. The summed E-state index contributed by atoms with van der Waals surface area (Å²) in [6.07, 6.45) is -1.11. The van der Waals surface area contributed by atoms with Crippen LogP contribution in [0.2, 0.25) is 0 Å². The van der Waals surface area contributed by atoms with Crippen molar-refractivity contribution in [2.24, 2.45) is 0 Å². The van der Waals surface area contributed by atoms with Gasteiger partial charge in [-0.2, -0.15) is 13.2 Å². The van der Waals surface area contributed by atoms with Gasteiger partial charge in [-0.25, -0.2) is 19.3 Å². The number of benzene rings is 2. The maximum absolute atomic E-state index is 14.4. The Morgan fingerprint density at radius 1 is 1.03 bits per heavy atom. The number of alkyl halides is 3. The molecule has 1 amide bonds. The van der Waals surface area contributed by atoms with Crippen molar-refractivity contribution in [1.82, 2.24) is 15.0 Å². The molecule has 1 aliphatic carbocycles. The number of carbonyl (C=O) groups excluding carboxylic acids is 1. The van der Waals surface area contributed by atoms with Gasteiger partial charge in [0.1, 0.15) is 23.8 Å². The summed E-state index contributed by atoms with van der Waals surface area (Å²) in [4.78, 5) is 25.1. The van der Waals surface area contributed by atoms with Crippen LogP contribution in [0, 0.1) is 5.82 Å². The zero-order valence-electron chi connectivity index (χ0n) is 18.4. The molecule has 1 saturated carbocycles. The van der Waals surface area contributed by atoms with Gasteiger partial charge >= 0.3 is 6.18 Å². The average Bonchev–Trinajstić information content (AvgIpc) is 3.54. The van der Waals surface area contributed by atoms with E-state index >= 15 is 0 Å². The molecular formula is C24H18F4N6OS. The molecule has 1 aliphatic rings. The summed E-state index contributed by atoms with van der Waals surface area (Å²) in [6, 6.07) is 11.9. The number of nitrogens with zero attached hydrogens (tertiary/aromatic N) is 3. The average molecular weight is 515 g/mol. The highest BCUT2D eigenvalue weighted by Crippen LogP contribution is 2.36. The molecule has 5 rings (SSSR count). The number of nitrogens with one attached hydrogen (secondary N) is 3. The lowest BCUT2D eigenvalue weighted by atomic mass is 10.1. The molecule has 3 N–H and O–H groups in total. The van der Waals surface area contributed by atoms with Crippen molar-refractivity contribution in [2.75, 3.05) is 16.0 Å². The molecule has 0 saturated heterocycles. The summed E-state index contributed by atoms with van der Waals surface area (Å²) in [5, 5.41) is 10.5. The number of anilines is 4. The number of hydrogen-bond donors (Lipinski definition) is 3. The van der Waals surface area contributed by atoms with Crippen molar-refractivity contribution in [3.8, 4) is 11.3 Å². The van der Waals surface area contributed by atoms with Crippen LogP contribution in [0.1, 0.15) is 28.8 Å². The van der Waals surface area contributed by atoms with Gasteiger partial charge < -0.3 is 10.6 Å². The molecule has 0 bridgehead atoms. The zero-order chi connectivity index (χ0) is 25.3. The Morgan fingerprint density at radius 3 is 2.50 bits per heavy atom. The second-order valence-electron chi connectivity index (χ2n) is 8.07. The second-order valence-corrected chi connectivity index (χ2v) is 8.92. The molecule has 2 aromatic carbocycles. The molecule has 4 aromatic rings. The Morgan fingerprint density at radius 2 is 1.78 bits per heavy atom. The van der Waals surface area contributed by atoms with Gasteiger partial charge in [-0.3, -0.25) is 10.1 Å². The van der Waals surface area contributed by atoms with Gasteiger partial charge in [-0.15, -0.1) is 11.3 Å². The quantitative estimate of drug-likeness (QED) is 0.250. The Kier molecular flexibility index (Phi) is 6.27. The molecule has 0 unspecified atom stereocenters. The summed E-state index contributed by atoms with van der Waals surface area (Å²) in [5.41, 5.74) is -0.624. The van der Waals surface area contributed by atoms with Crippen LogP contribution < -0.4 is 16.0 Å². The van der Waals surface area contributed by atoms with E-state index in [4.69, 9.17) is 0 Å². The molecule has 0 aliphatic heterocycles. The molecule has 1 fully saturated rings. The van der Waals surface area contributed by atoms with E-state index in [2.05, 4.69) is 30.9 Å². The summed E-state index contributed by atoms with van der Waals surface area (Å²) in [6.45, 7) is 0. The van der Waals surface area contributed by atoms with Crippen molar-refractivity contribution in [3.05, 3.63) is 77.2 Å². The monoisotopic (exact) mass is 514 g/mol. The predicted molar refractivity (Wildman–Crippen MR) is 129 cm³/mol. The fourth-order valence-corrected chi connectivity index (χ4v) is 4.07. The molecule has 36 heavy (non-hydrogen) atoms. The Hall–Kier alpha value is -4.06. The topological polar surface area (TPSA) is 91.8 Å². The van der Waals surface area contributed by atoms with E-state index < -0.39 is 23.5 Å². The molecule has 184 valence electrons. The second kappa shape index (κ2) is 9.53. The number of carbonyl (C=O) groups is 1. The lowest BCUT2D eigenvalue weighted by molar-refractivity contribution is -0.139. The van der Waals surface area contributed by atoms with Crippen molar-refractivity contribution < 1.29 is 22.4 Å². The van der Waals surface area contributed by atoms with Gasteiger partial charge in [0.25, 0.3) is 5.91 Å². The van der Waals surface area contributed by atoms with Crippen LogP contribution in [0.25, 0.3) is 11.3 Å². The largest absolute Gasteiger partial charge is 0.419 e. The Balaban J connectivity index is 1.24. The van der Waals surface area contributed by atoms with E-state index in [0.717, 1.165) is 36.1 Å². The highest BCUT2D eigenvalue weighted by molar-refractivity contribution is 7.14. The molecule has 0 radical (unpaired) electrons. The number of aromatic nitrogens is 3. The summed E-state index contributed by atoms with van der Waals surface area (Å²) < 4.78 is 53.4. The van der Waals surface area contributed by atoms with Crippen LogP contribution in [0.3, 0.4) is 0 Å². The first-order valence-electron chi connectivity index (χ1n) is 10.8. The minimum Gasteiger partial charge on any atom is -0.367 e. The van der Waals surface area contributed by atoms with Crippen molar-refractivity contribution >= 4 is 39.7 Å². The lowest BCUT2D eigenvalue weighted by Crippen LogP contribution is -2.11. The number of hydrogen-bond acceptors (Lipinski definition) is 7. The third-order valence-corrected chi connectivity index (χ3v) is 6.08. The predicted octanol–water partition coefficient (Wildman–Crippen LogP) is 6.33. The number of rotatable bonds is 7. The van der Waals surface area contributed by atoms with Gasteiger partial charge in [-0.1, -0.05) is 6.07 Å². The van der Waals surface area contributed by atoms with Crippen molar-refractivity contribution in [1.29, 1.82) is 0 Å². The van der Waals surface area contributed by atoms with E-state index in [1.165, 1.54) is 17.8 Å². The number of amides is 1. The van der Waals surface area contributed by atoms with Crippen LogP contribution in [0.5, 0.6) is 0 Å². The van der Waals surface area contributed by atoms with E-state index in [-0.39, 0.29) is 16.4 Å². The fourth-order valence-electron chi connectivity index (χ4n) is 3.37. The van der Waals surface area contributed by atoms with Crippen molar-refractivity contribution in [3.63, 3.8) is 0 Å². The Bertz CT molecular complexity index is 1400. The molecule has 7 nitrogen and oxygen atoms in total. The summed E-state index contributed by atoms with van der Waals surface area (Å²) in [7, 11) is 0. The van der Waals surface area contributed by atoms with Crippen molar-refractivity contribution in [2.45, 2.75) is 25.1 Å². The maximum Gasteiger partial charge on any atom is 0.419 e. The minimum absolute atomic E-state index is 0.00107. The molecule has 2 aromatic heterocycles. The third kappa shape index (κ3) is 5.43. The first kappa shape index (κ1) is 23.7. The fraction of sp³-hybridized carbons (Fsp3) is 0.167. The maximum atomic E-state index is 14.4. The third-order valence-electron chi connectivity index (χ3n) is 5.32. The van der Waals surface area contributed by atoms with Crippen LogP contribution in [0.4, 0.5) is 40.0 Å². The lowest BCUT2D eigenvalue weighted by Gasteiger charge is -2.10. The van der Waals surface area contributed by atoms with E-state index in [0.29, 0.717) is 29.2 Å². The van der Waals surface area contributed by atoms with Gasteiger partial charge in [0.15, 0.2) is 5.13 Å². The first-order chi connectivity index (χ1) is 17.3. The standard InChI is InChI=1S/C24H18F4N6OS/c25-21-16(2-1-3-17(21)24(26,27)28)18-11-36-23(33-18)34-22(35)13-4-6-14(7-5-13)31-19-10-20(30-12-29-19)32-15-8-9-15/h1-7,10-12,15H,8-9H2,(H,33,34,35)(H2,29,30,31,32). The summed E-state index contributed by atoms with van der Waals surface area (Å²) in [5.74, 6) is -0.540. The highest BCUT2D eigenvalue weighted by Gasteiger charge is 2.35. The zero-order valence-corrected chi connectivity index (χ0v) is 19.3. The van der Waals surface area contributed by atoms with Gasteiger partial charge in [-0.05, 0) is 49.2 Å². The van der Waals surface area contributed by atoms with Crippen LogP contribution >= 0.6 is 11.3 Å². The Labute approximate surface area is 206 Å².